The number of hydrogen-bond acceptors (Lipinski definition) is 6. The zero-order chi connectivity index (χ0) is 22.2. The Labute approximate surface area is 181 Å². The van der Waals surface area contributed by atoms with E-state index in [1.54, 1.807) is 6.20 Å². The van der Waals surface area contributed by atoms with Crippen LogP contribution in [-0.2, 0) is 5.54 Å². The molecule has 4 rings (SSSR count). The molecule has 3 aromatic heterocycles. The van der Waals surface area contributed by atoms with Crippen molar-refractivity contribution in [1.29, 1.82) is 0 Å². The molecule has 0 spiro atoms. The van der Waals surface area contributed by atoms with Crippen molar-refractivity contribution in [2.24, 2.45) is 0 Å². The first kappa shape index (κ1) is 20.6. The largest absolute Gasteiger partial charge is 0.350 e. The molecule has 9 nitrogen and oxygen atoms in total. The number of H-pyrrole nitrogens is 1. The third-order valence-corrected chi connectivity index (χ3v) is 5.50. The first-order chi connectivity index (χ1) is 14.8. The van der Waals surface area contributed by atoms with Crippen molar-refractivity contribution in [3.05, 3.63) is 41.9 Å². The van der Waals surface area contributed by atoms with E-state index in [4.69, 9.17) is 6.42 Å². The van der Waals surface area contributed by atoms with E-state index in [1.165, 1.54) is 6.20 Å². The molecule has 0 unspecified atom stereocenters. The number of carbonyl (C=O) groups excluding carboxylic acids is 1. The number of aryl methyl sites for hydroxylation is 2. The Morgan fingerprint density at radius 1 is 1.29 bits per heavy atom. The first-order valence-corrected chi connectivity index (χ1v) is 10.2. The molecule has 1 amide bonds. The van der Waals surface area contributed by atoms with Gasteiger partial charge in [-0.15, -0.1) is 12.3 Å². The van der Waals surface area contributed by atoms with Crippen molar-refractivity contribution in [1.82, 2.24) is 35.3 Å². The standard InChI is InChI=1S/C22H26N8O/c1-6-7-22(30-11-17(8-25-30)20-15(4)27-28-16(20)5)12-29(13-22)19-10-23-18(9-24-19)21(31)26-14(2)3/h1,8-11,14H,7,12-13H2,2-5H3,(H,26,31)(H,27,28). The highest BCUT2D eigenvalue weighted by molar-refractivity contribution is 5.92. The van der Waals surface area contributed by atoms with Gasteiger partial charge in [0.2, 0.25) is 0 Å². The number of aromatic amines is 1. The van der Waals surface area contributed by atoms with Gasteiger partial charge in [0.05, 0.1) is 24.3 Å². The summed E-state index contributed by atoms with van der Waals surface area (Å²) < 4.78 is 1.96. The lowest BCUT2D eigenvalue weighted by Gasteiger charge is -2.49. The van der Waals surface area contributed by atoms with Crippen molar-refractivity contribution < 1.29 is 4.79 Å². The number of anilines is 1. The Hall–Kier alpha value is -3.67. The average Bonchev–Trinajstić information content (AvgIpc) is 3.30. The Morgan fingerprint density at radius 3 is 2.65 bits per heavy atom. The van der Waals surface area contributed by atoms with Crippen LogP contribution >= 0.6 is 0 Å². The van der Waals surface area contributed by atoms with Gasteiger partial charge in [-0.05, 0) is 27.7 Å². The second-order valence-corrected chi connectivity index (χ2v) is 8.33. The number of rotatable bonds is 6. The summed E-state index contributed by atoms with van der Waals surface area (Å²) in [6, 6.07) is 0.0438. The van der Waals surface area contributed by atoms with Gasteiger partial charge in [0.15, 0.2) is 0 Å². The lowest BCUT2D eigenvalue weighted by atomic mass is 9.86. The molecule has 0 atom stereocenters. The number of nitrogens with zero attached hydrogens (tertiary/aromatic N) is 6. The molecule has 0 aliphatic carbocycles. The Kier molecular flexibility index (Phi) is 5.23. The average molecular weight is 419 g/mol. The summed E-state index contributed by atoms with van der Waals surface area (Å²) in [5.74, 6) is 3.28. The minimum absolute atomic E-state index is 0.0438. The summed E-state index contributed by atoms with van der Waals surface area (Å²) in [6.07, 6.45) is 13.3. The molecule has 4 heterocycles. The smallest absolute Gasteiger partial charge is 0.271 e. The van der Waals surface area contributed by atoms with Crippen LogP contribution in [-0.4, -0.2) is 55.0 Å². The molecule has 0 radical (unpaired) electrons. The van der Waals surface area contributed by atoms with Crippen molar-refractivity contribution in [2.75, 3.05) is 18.0 Å². The Bertz CT molecular complexity index is 1110. The van der Waals surface area contributed by atoms with E-state index < -0.39 is 0 Å². The van der Waals surface area contributed by atoms with Gasteiger partial charge >= 0.3 is 0 Å². The summed E-state index contributed by atoms with van der Waals surface area (Å²) in [5, 5.41) is 14.7. The summed E-state index contributed by atoms with van der Waals surface area (Å²) >= 11 is 0. The molecular formula is C22H26N8O. The SMILES string of the molecule is C#CCC1(n2cc(-c3c(C)n[nH]c3C)cn2)CN(c2cnc(C(=O)NC(C)C)cn2)C1. The van der Waals surface area contributed by atoms with Crippen molar-refractivity contribution in [3.8, 4) is 23.5 Å². The summed E-state index contributed by atoms with van der Waals surface area (Å²) in [5.41, 5.74) is 4.02. The zero-order valence-electron chi connectivity index (χ0n) is 18.2. The molecule has 31 heavy (non-hydrogen) atoms. The van der Waals surface area contributed by atoms with Crippen molar-refractivity contribution in [3.63, 3.8) is 0 Å². The summed E-state index contributed by atoms with van der Waals surface area (Å²) in [6.45, 7) is 9.10. The highest BCUT2D eigenvalue weighted by Crippen LogP contribution is 2.36. The van der Waals surface area contributed by atoms with Gasteiger partial charge in [0.1, 0.15) is 17.1 Å². The topological polar surface area (TPSA) is 105 Å². The number of hydrogen-bond donors (Lipinski definition) is 2. The maximum Gasteiger partial charge on any atom is 0.271 e. The van der Waals surface area contributed by atoms with E-state index >= 15 is 0 Å². The first-order valence-electron chi connectivity index (χ1n) is 10.2. The molecule has 0 saturated carbocycles. The lowest BCUT2D eigenvalue weighted by molar-refractivity contribution is 0.0937. The Morgan fingerprint density at radius 2 is 2.06 bits per heavy atom. The van der Waals surface area contributed by atoms with Crippen LogP contribution in [0, 0.1) is 26.2 Å². The van der Waals surface area contributed by atoms with E-state index in [0.717, 1.165) is 22.5 Å². The van der Waals surface area contributed by atoms with Crippen LogP contribution < -0.4 is 10.2 Å². The van der Waals surface area contributed by atoms with Gasteiger partial charge in [-0.25, -0.2) is 9.97 Å². The normalized spacial score (nSPS) is 14.9. The molecular weight excluding hydrogens is 392 g/mol. The Balaban J connectivity index is 1.51. The fourth-order valence-electron chi connectivity index (χ4n) is 3.98. The number of carbonyl (C=O) groups is 1. The van der Waals surface area contributed by atoms with Crippen LogP contribution in [0.15, 0.2) is 24.8 Å². The molecule has 9 heteroatoms. The van der Waals surface area contributed by atoms with Crippen LogP contribution in [0.1, 0.15) is 42.1 Å². The number of amides is 1. The molecule has 1 aliphatic rings. The van der Waals surface area contributed by atoms with Gasteiger partial charge in [-0.3, -0.25) is 14.6 Å². The third-order valence-electron chi connectivity index (χ3n) is 5.50. The quantitative estimate of drug-likeness (QED) is 0.594. The number of terminal acetylenes is 1. The fraction of sp³-hybridized carbons (Fsp3) is 0.409. The van der Waals surface area contributed by atoms with Gasteiger partial charge in [0.25, 0.3) is 5.91 Å². The molecule has 0 bridgehead atoms. The summed E-state index contributed by atoms with van der Waals surface area (Å²) in [4.78, 5) is 22.9. The van der Waals surface area contributed by atoms with Gasteiger partial charge < -0.3 is 10.2 Å². The van der Waals surface area contributed by atoms with E-state index in [-0.39, 0.29) is 17.5 Å². The molecule has 160 valence electrons. The van der Waals surface area contributed by atoms with E-state index in [0.29, 0.717) is 31.0 Å². The summed E-state index contributed by atoms with van der Waals surface area (Å²) in [7, 11) is 0. The van der Waals surface area contributed by atoms with Gasteiger partial charge in [0, 0.05) is 48.6 Å². The second-order valence-electron chi connectivity index (χ2n) is 8.33. The molecule has 1 aliphatic heterocycles. The minimum atomic E-state index is -0.312. The molecule has 0 aromatic carbocycles. The van der Waals surface area contributed by atoms with Crippen LogP contribution in [0.25, 0.3) is 11.1 Å². The predicted molar refractivity (Wildman–Crippen MR) is 118 cm³/mol. The highest BCUT2D eigenvalue weighted by Gasteiger charge is 2.45. The van der Waals surface area contributed by atoms with E-state index in [2.05, 4.69) is 41.4 Å². The minimum Gasteiger partial charge on any atom is -0.350 e. The fourth-order valence-corrected chi connectivity index (χ4v) is 3.98. The van der Waals surface area contributed by atoms with Crippen LogP contribution in [0.3, 0.4) is 0 Å². The van der Waals surface area contributed by atoms with E-state index in [1.807, 2.05) is 44.8 Å². The molecule has 1 fully saturated rings. The number of nitrogens with one attached hydrogen (secondary N) is 2. The van der Waals surface area contributed by atoms with E-state index in [9.17, 15) is 4.79 Å². The van der Waals surface area contributed by atoms with Gasteiger partial charge in [-0.2, -0.15) is 10.2 Å². The van der Waals surface area contributed by atoms with Gasteiger partial charge in [-0.1, -0.05) is 0 Å². The van der Waals surface area contributed by atoms with Crippen LogP contribution in [0.2, 0.25) is 0 Å². The second kappa shape index (κ2) is 7.87. The molecule has 3 aromatic rings. The molecule has 1 saturated heterocycles. The van der Waals surface area contributed by atoms with Crippen molar-refractivity contribution >= 4 is 11.7 Å². The number of aromatic nitrogens is 6. The maximum atomic E-state index is 12.1. The monoisotopic (exact) mass is 418 g/mol. The zero-order valence-corrected chi connectivity index (χ0v) is 18.2. The highest BCUT2D eigenvalue weighted by atomic mass is 16.1. The predicted octanol–water partition coefficient (Wildman–Crippen LogP) is 2.06. The van der Waals surface area contributed by atoms with Crippen LogP contribution in [0.4, 0.5) is 5.82 Å². The van der Waals surface area contributed by atoms with Crippen molar-refractivity contribution in [2.45, 2.75) is 45.7 Å². The third kappa shape index (κ3) is 3.77. The molecule has 2 N–H and O–H groups in total. The van der Waals surface area contributed by atoms with Crippen LogP contribution in [0.5, 0.6) is 0 Å². The maximum absolute atomic E-state index is 12.1. The lowest BCUT2D eigenvalue weighted by Crippen LogP contribution is -2.63.